The van der Waals surface area contributed by atoms with Gasteiger partial charge in [-0.1, -0.05) is 29.3 Å². The maximum atomic E-state index is 12.4. The Kier molecular flexibility index (Phi) is 7.77. The molecule has 0 spiro atoms. The van der Waals surface area contributed by atoms with E-state index in [4.69, 9.17) is 23.2 Å². The first-order chi connectivity index (χ1) is 12.0. The summed E-state index contributed by atoms with van der Waals surface area (Å²) in [4.78, 5) is 12.4. The second-order valence-corrected chi connectivity index (χ2v) is 7.34. The van der Waals surface area contributed by atoms with Crippen LogP contribution < -0.4 is 10.6 Å². The molecule has 142 valence electrons. The van der Waals surface area contributed by atoms with E-state index in [-0.39, 0.29) is 24.4 Å². The van der Waals surface area contributed by atoms with Crippen LogP contribution in [-0.2, 0) is 6.42 Å². The van der Waals surface area contributed by atoms with Crippen LogP contribution in [0.2, 0.25) is 10.0 Å². The van der Waals surface area contributed by atoms with Gasteiger partial charge in [0, 0.05) is 28.8 Å². The zero-order valence-corrected chi connectivity index (χ0v) is 16.9. The van der Waals surface area contributed by atoms with E-state index in [1.807, 2.05) is 23.9 Å². The fourth-order valence-corrected chi connectivity index (χ4v) is 3.57. The largest absolute Gasteiger partial charge is 0.348 e. The van der Waals surface area contributed by atoms with Gasteiger partial charge in [0.1, 0.15) is 5.69 Å². The molecule has 0 bridgehead atoms. The van der Waals surface area contributed by atoms with Gasteiger partial charge < -0.3 is 10.6 Å². The van der Waals surface area contributed by atoms with E-state index in [1.54, 1.807) is 18.2 Å². The average molecular weight is 418 g/mol. The molecule has 26 heavy (non-hydrogen) atoms. The normalized spacial score (nSPS) is 18.0. The molecule has 0 aliphatic carbocycles. The highest BCUT2D eigenvalue weighted by Crippen LogP contribution is 2.22. The maximum absolute atomic E-state index is 12.4. The van der Waals surface area contributed by atoms with E-state index < -0.39 is 0 Å². The predicted octanol–water partition coefficient (Wildman–Crippen LogP) is 3.90. The Balaban J connectivity index is 0.00000243. The Bertz CT molecular complexity index is 744. The van der Waals surface area contributed by atoms with Gasteiger partial charge in [-0.25, -0.2) is 0 Å². The number of benzene rings is 1. The molecular weight excluding hydrogens is 395 g/mol. The summed E-state index contributed by atoms with van der Waals surface area (Å²) >= 11 is 12.1. The van der Waals surface area contributed by atoms with Crippen molar-refractivity contribution in [1.82, 2.24) is 20.4 Å². The summed E-state index contributed by atoms with van der Waals surface area (Å²) in [5.41, 5.74) is 1.40. The van der Waals surface area contributed by atoms with Crippen LogP contribution in [0.4, 0.5) is 0 Å². The summed E-state index contributed by atoms with van der Waals surface area (Å²) in [6, 6.07) is 7.43. The minimum atomic E-state index is -0.167. The fourth-order valence-electron chi connectivity index (χ4n) is 3.09. The van der Waals surface area contributed by atoms with Crippen molar-refractivity contribution in [3.8, 4) is 0 Å². The standard InChI is InChI=1S/C18H22Cl2N4O.ClH/c1-12(9-13-4-5-14(19)10-16(13)20)22-18(25)17-6-8-24(23-17)15-3-2-7-21-11-15;/h4-6,8,10,12,15,21H,2-3,7,9,11H2,1H3,(H,22,25);1H. The highest BCUT2D eigenvalue weighted by atomic mass is 35.5. The second kappa shape index (κ2) is 9.60. The number of nitrogens with one attached hydrogen (secondary N) is 2. The topological polar surface area (TPSA) is 59.0 Å². The van der Waals surface area contributed by atoms with E-state index in [0.717, 1.165) is 31.5 Å². The Hall–Kier alpha value is -1.27. The lowest BCUT2D eigenvalue weighted by Gasteiger charge is -2.22. The fraction of sp³-hybridized carbons (Fsp3) is 0.444. The molecule has 8 heteroatoms. The van der Waals surface area contributed by atoms with E-state index in [0.29, 0.717) is 28.2 Å². The third-order valence-corrected chi connectivity index (χ3v) is 4.99. The summed E-state index contributed by atoms with van der Waals surface area (Å²) < 4.78 is 1.89. The lowest BCUT2D eigenvalue weighted by Crippen LogP contribution is -2.35. The third kappa shape index (κ3) is 5.36. The van der Waals surface area contributed by atoms with Gasteiger partial charge in [-0.2, -0.15) is 5.10 Å². The molecular formula is C18H23Cl3N4O. The Morgan fingerprint density at radius 1 is 1.42 bits per heavy atom. The quantitative estimate of drug-likeness (QED) is 0.776. The predicted molar refractivity (Wildman–Crippen MR) is 108 cm³/mol. The average Bonchev–Trinajstić information content (AvgIpc) is 3.08. The number of rotatable bonds is 5. The summed E-state index contributed by atoms with van der Waals surface area (Å²) in [5.74, 6) is -0.167. The number of carbonyl (C=O) groups excluding carboxylic acids is 1. The van der Waals surface area contributed by atoms with Gasteiger partial charge in [0.05, 0.1) is 6.04 Å². The van der Waals surface area contributed by atoms with Crippen LogP contribution in [0.5, 0.6) is 0 Å². The Morgan fingerprint density at radius 3 is 2.92 bits per heavy atom. The summed E-state index contributed by atoms with van der Waals surface area (Å²) in [7, 11) is 0. The summed E-state index contributed by atoms with van der Waals surface area (Å²) in [5, 5.41) is 12.0. The number of amides is 1. The number of nitrogens with zero attached hydrogens (tertiary/aromatic N) is 2. The third-order valence-electron chi connectivity index (χ3n) is 4.40. The van der Waals surface area contributed by atoms with Crippen LogP contribution in [0.15, 0.2) is 30.5 Å². The minimum absolute atomic E-state index is 0. The van der Waals surface area contributed by atoms with Gasteiger partial charge in [0.2, 0.25) is 0 Å². The molecule has 0 saturated carbocycles. The molecule has 2 unspecified atom stereocenters. The van der Waals surface area contributed by atoms with Crippen molar-refractivity contribution in [1.29, 1.82) is 0 Å². The van der Waals surface area contributed by atoms with Crippen LogP contribution in [0.1, 0.15) is 41.9 Å². The molecule has 0 radical (unpaired) electrons. The molecule has 3 rings (SSSR count). The minimum Gasteiger partial charge on any atom is -0.348 e. The van der Waals surface area contributed by atoms with E-state index >= 15 is 0 Å². The Labute approximate surface area is 169 Å². The number of hydrogen-bond acceptors (Lipinski definition) is 3. The summed E-state index contributed by atoms with van der Waals surface area (Å²) in [6.45, 7) is 3.90. The van der Waals surface area contributed by atoms with Crippen LogP contribution in [0.3, 0.4) is 0 Å². The van der Waals surface area contributed by atoms with Crippen molar-refractivity contribution in [3.63, 3.8) is 0 Å². The van der Waals surface area contributed by atoms with Crippen LogP contribution in [-0.4, -0.2) is 34.8 Å². The van der Waals surface area contributed by atoms with E-state index in [1.165, 1.54) is 0 Å². The number of piperidine rings is 1. The number of halogens is 3. The lowest BCUT2D eigenvalue weighted by atomic mass is 10.1. The van der Waals surface area contributed by atoms with Crippen LogP contribution in [0, 0.1) is 0 Å². The monoisotopic (exact) mass is 416 g/mol. The SMILES string of the molecule is CC(Cc1ccc(Cl)cc1Cl)NC(=O)c1ccn(C2CCCNC2)n1.Cl. The van der Waals surface area contributed by atoms with Crippen molar-refractivity contribution in [2.45, 2.75) is 38.3 Å². The van der Waals surface area contributed by atoms with Gasteiger partial charge >= 0.3 is 0 Å². The van der Waals surface area contributed by atoms with Crippen LogP contribution >= 0.6 is 35.6 Å². The number of hydrogen-bond donors (Lipinski definition) is 2. The van der Waals surface area contributed by atoms with Gasteiger partial charge in [0.25, 0.3) is 5.91 Å². The molecule has 2 atom stereocenters. The molecule has 1 amide bonds. The summed E-state index contributed by atoms with van der Waals surface area (Å²) in [6.07, 6.45) is 4.73. The van der Waals surface area contributed by atoms with E-state index in [2.05, 4.69) is 15.7 Å². The molecule has 2 aromatic rings. The van der Waals surface area contributed by atoms with Gasteiger partial charge in [-0.3, -0.25) is 9.48 Å². The van der Waals surface area contributed by atoms with Crippen molar-refractivity contribution in [2.75, 3.05) is 13.1 Å². The first-order valence-corrected chi connectivity index (χ1v) is 9.29. The smallest absolute Gasteiger partial charge is 0.271 e. The van der Waals surface area contributed by atoms with Gasteiger partial charge in [0.15, 0.2) is 0 Å². The highest BCUT2D eigenvalue weighted by molar-refractivity contribution is 6.35. The first-order valence-electron chi connectivity index (χ1n) is 8.53. The number of carbonyl (C=O) groups is 1. The highest BCUT2D eigenvalue weighted by Gasteiger charge is 2.19. The van der Waals surface area contributed by atoms with Crippen molar-refractivity contribution >= 4 is 41.5 Å². The van der Waals surface area contributed by atoms with Crippen LogP contribution in [0.25, 0.3) is 0 Å². The second-order valence-electron chi connectivity index (χ2n) is 6.50. The van der Waals surface area contributed by atoms with Crippen molar-refractivity contribution in [2.24, 2.45) is 0 Å². The van der Waals surface area contributed by atoms with Gasteiger partial charge in [-0.15, -0.1) is 12.4 Å². The molecule has 2 heterocycles. The van der Waals surface area contributed by atoms with E-state index in [9.17, 15) is 4.79 Å². The van der Waals surface area contributed by atoms with Gasteiger partial charge in [-0.05, 0) is 56.5 Å². The zero-order valence-electron chi connectivity index (χ0n) is 14.5. The zero-order chi connectivity index (χ0) is 17.8. The molecule has 1 saturated heterocycles. The molecule has 1 aromatic heterocycles. The molecule has 1 aliphatic heterocycles. The molecule has 1 fully saturated rings. The van der Waals surface area contributed by atoms with Crippen molar-refractivity contribution in [3.05, 3.63) is 51.8 Å². The molecule has 2 N–H and O–H groups in total. The lowest BCUT2D eigenvalue weighted by molar-refractivity contribution is 0.0933. The Morgan fingerprint density at radius 2 is 2.23 bits per heavy atom. The molecule has 5 nitrogen and oxygen atoms in total. The maximum Gasteiger partial charge on any atom is 0.271 e. The van der Waals surface area contributed by atoms with Crippen molar-refractivity contribution < 1.29 is 4.79 Å². The number of aromatic nitrogens is 2. The molecule has 1 aliphatic rings. The first kappa shape index (κ1) is 21.0. The molecule has 1 aromatic carbocycles.